The van der Waals surface area contributed by atoms with Crippen molar-refractivity contribution in [1.29, 1.82) is 0 Å². The van der Waals surface area contributed by atoms with Gasteiger partial charge in [0.05, 0.1) is 19.8 Å². The van der Waals surface area contributed by atoms with Crippen LogP contribution in [0.4, 0.5) is 0 Å². The normalized spacial score (nSPS) is 26.3. The van der Waals surface area contributed by atoms with Gasteiger partial charge >= 0.3 is 0 Å². The van der Waals surface area contributed by atoms with Gasteiger partial charge in [0.2, 0.25) is 0 Å². The van der Waals surface area contributed by atoms with Crippen LogP contribution in [-0.4, -0.2) is 54.6 Å². The first-order chi connectivity index (χ1) is 7.33. The number of ether oxygens (including phenoxy) is 2. The van der Waals surface area contributed by atoms with E-state index < -0.39 is 0 Å². The number of halogens is 1. The van der Waals surface area contributed by atoms with Crippen LogP contribution < -0.4 is 0 Å². The van der Waals surface area contributed by atoms with Crippen molar-refractivity contribution in [2.45, 2.75) is 25.0 Å². The molecule has 5 heteroatoms. The standard InChI is InChI=1S/C10H16BrNO3/c11-3-4-12(8-1-2-8)10(13)9-7-14-5-6-15-9/h8-9H,1-7H2. The minimum Gasteiger partial charge on any atom is -0.376 e. The van der Waals surface area contributed by atoms with Gasteiger partial charge in [0, 0.05) is 17.9 Å². The van der Waals surface area contributed by atoms with Gasteiger partial charge in [-0.3, -0.25) is 4.79 Å². The third-order valence-corrected chi connectivity index (χ3v) is 3.04. The molecule has 1 aliphatic heterocycles. The van der Waals surface area contributed by atoms with Crippen LogP contribution in [0.15, 0.2) is 0 Å². The van der Waals surface area contributed by atoms with E-state index >= 15 is 0 Å². The van der Waals surface area contributed by atoms with Crippen molar-refractivity contribution in [2.24, 2.45) is 0 Å². The fourth-order valence-corrected chi connectivity index (χ4v) is 2.15. The molecule has 1 saturated heterocycles. The van der Waals surface area contributed by atoms with Gasteiger partial charge in [0.15, 0.2) is 6.10 Å². The average Bonchev–Trinajstić information content (AvgIpc) is 3.10. The fourth-order valence-electron chi connectivity index (χ4n) is 1.77. The lowest BCUT2D eigenvalue weighted by molar-refractivity contribution is -0.158. The molecule has 2 aliphatic rings. The third-order valence-electron chi connectivity index (χ3n) is 2.69. The number of carbonyl (C=O) groups excluding carboxylic acids is 1. The number of nitrogens with zero attached hydrogens (tertiary/aromatic N) is 1. The van der Waals surface area contributed by atoms with Crippen molar-refractivity contribution in [3.63, 3.8) is 0 Å². The molecular weight excluding hydrogens is 262 g/mol. The largest absolute Gasteiger partial charge is 0.376 e. The lowest BCUT2D eigenvalue weighted by Gasteiger charge is -2.29. The van der Waals surface area contributed by atoms with Crippen molar-refractivity contribution in [3.8, 4) is 0 Å². The van der Waals surface area contributed by atoms with Gasteiger partial charge in [0.1, 0.15) is 0 Å². The van der Waals surface area contributed by atoms with Crippen molar-refractivity contribution in [3.05, 3.63) is 0 Å². The summed E-state index contributed by atoms with van der Waals surface area (Å²) in [4.78, 5) is 14.0. The maximum atomic E-state index is 12.1. The van der Waals surface area contributed by atoms with Crippen LogP contribution in [0.2, 0.25) is 0 Å². The minimum atomic E-state index is -0.376. The van der Waals surface area contributed by atoms with Gasteiger partial charge in [-0.1, -0.05) is 15.9 Å². The monoisotopic (exact) mass is 277 g/mol. The summed E-state index contributed by atoms with van der Waals surface area (Å²) < 4.78 is 10.7. The number of carbonyl (C=O) groups is 1. The molecule has 4 nitrogen and oxygen atoms in total. The van der Waals surface area contributed by atoms with Crippen LogP contribution in [0, 0.1) is 0 Å². The SMILES string of the molecule is O=C(C1COCCO1)N(CCBr)C1CC1. The van der Waals surface area contributed by atoms with Crippen LogP contribution in [0.5, 0.6) is 0 Å². The molecular formula is C10H16BrNO3. The molecule has 1 heterocycles. The summed E-state index contributed by atoms with van der Waals surface area (Å²) in [6.07, 6.45) is 1.89. The summed E-state index contributed by atoms with van der Waals surface area (Å²) in [6, 6.07) is 0.445. The summed E-state index contributed by atoms with van der Waals surface area (Å²) in [5.74, 6) is 0.0941. The molecule has 0 N–H and O–H groups in total. The predicted molar refractivity (Wildman–Crippen MR) is 59.1 cm³/mol. The lowest BCUT2D eigenvalue weighted by Crippen LogP contribution is -2.46. The average molecular weight is 278 g/mol. The Morgan fingerprint density at radius 3 is 2.73 bits per heavy atom. The number of hydrogen-bond acceptors (Lipinski definition) is 3. The number of amides is 1. The summed E-state index contributed by atoms with van der Waals surface area (Å²) in [6.45, 7) is 2.31. The van der Waals surface area contributed by atoms with Gasteiger partial charge in [-0.05, 0) is 12.8 Å². The molecule has 2 fully saturated rings. The zero-order valence-corrected chi connectivity index (χ0v) is 10.2. The second-order valence-corrected chi connectivity index (χ2v) is 4.68. The molecule has 0 aromatic carbocycles. The summed E-state index contributed by atoms with van der Waals surface area (Å²) in [5.41, 5.74) is 0. The smallest absolute Gasteiger partial charge is 0.254 e. The van der Waals surface area contributed by atoms with E-state index in [4.69, 9.17) is 9.47 Å². The molecule has 0 bridgehead atoms. The Morgan fingerprint density at radius 1 is 1.40 bits per heavy atom. The molecule has 1 atom stereocenters. The molecule has 86 valence electrons. The first kappa shape index (κ1) is 11.4. The van der Waals surface area contributed by atoms with Crippen molar-refractivity contribution in [2.75, 3.05) is 31.7 Å². The Labute approximate surface area is 98.0 Å². The van der Waals surface area contributed by atoms with Gasteiger partial charge < -0.3 is 14.4 Å². The molecule has 15 heavy (non-hydrogen) atoms. The number of hydrogen-bond donors (Lipinski definition) is 0. The highest BCUT2D eigenvalue weighted by atomic mass is 79.9. The molecule has 0 radical (unpaired) electrons. The van der Waals surface area contributed by atoms with Gasteiger partial charge in [-0.15, -0.1) is 0 Å². The van der Waals surface area contributed by atoms with Crippen LogP contribution in [0.25, 0.3) is 0 Å². The highest BCUT2D eigenvalue weighted by molar-refractivity contribution is 9.09. The second kappa shape index (κ2) is 5.27. The lowest BCUT2D eigenvalue weighted by atomic mass is 10.3. The third kappa shape index (κ3) is 2.92. The second-order valence-electron chi connectivity index (χ2n) is 3.89. The molecule has 0 aromatic heterocycles. The van der Waals surface area contributed by atoms with E-state index in [-0.39, 0.29) is 12.0 Å². The maximum Gasteiger partial charge on any atom is 0.254 e. The van der Waals surface area contributed by atoms with Crippen molar-refractivity contribution in [1.82, 2.24) is 4.90 Å². The van der Waals surface area contributed by atoms with E-state index in [2.05, 4.69) is 15.9 Å². The highest BCUT2D eigenvalue weighted by Crippen LogP contribution is 2.27. The van der Waals surface area contributed by atoms with Gasteiger partial charge in [-0.25, -0.2) is 0 Å². The Hall–Kier alpha value is -0.130. The van der Waals surface area contributed by atoms with Crippen LogP contribution in [0.3, 0.4) is 0 Å². The van der Waals surface area contributed by atoms with E-state index in [9.17, 15) is 4.79 Å². The zero-order chi connectivity index (χ0) is 10.7. The van der Waals surface area contributed by atoms with Crippen molar-refractivity contribution >= 4 is 21.8 Å². The molecule has 1 unspecified atom stereocenters. The first-order valence-electron chi connectivity index (χ1n) is 5.38. The Bertz CT molecular complexity index is 227. The summed E-state index contributed by atoms with van der Waals surface area (Å²) >= 11 is 3.37. The fraction of sp³-hybridized carbons (Fsp3) is 0.900. The minimum absolute atomic E-state index is 0.0941. The molecule has 1 saturated carbocycles. The molecule has 1 amide bonds. The van der Waals surface area contributed by atoms with Crippen LogP contribution in [0.1, 0.15) is 12.8 Å². The molecule has 0 spiro atoms. The first-order valence-corrected chi connectivity index (χ1v) is 6.51. The maximum absolute atomic E-state index is 12.1. The molecule has 1 aliphatic carbocycles. The van der Waals surface area contributed by atoms with E-state index in [1.807, 2.05) is 4.90 Å². The van der Waals surface area contributed by atoms with Crippen LogP contribution >= 0.6 is 15.9 Å². The van der Waals surface area contributed by atoms with Gasteiger partial charge in [-0.2, -0.15) is 0 Å². The van der Waals surface area contributed by atoms with Crippen molar-refractivity contribution < 1.29 is 14.3 Å². The number of alkyl halides is 1. The van der Waals surface area contributed by atoms with Gasteiger partial charge in [0.25, 0.3) is 5.91 Å². The molecule has 2 rings (SSSR count). The topological polar surface area (TPSA) is 38.8 Å². The quantitative estimate of drug-likeness (QED) is 0.714. The Kier molecular flexibility index (Phi) is 3.99. The summed E-state index contributed by atoms with van der Waals surface area (Å²) in [7, 11) is 0. The summed E-state index contributed by atoms with van der Waals surface area (Å²) in [5, 5.41) is 0.822. The van der Waals surface area contributed by atoms with E-state index in [1.54, 1.807) is 0 Å². The zero-order valence-electron chi connectivity index (χ0n) is 8.65. The van der Waals surface area contributed by atoms with Crippen LogP contribution in [-0.2, 0) is 14.3 Å². The Morgan fingerprint density at radius 2 is 2.20 bits per heavy atom. The van der Waals surface area contributed by atoms with E-state index in [0.717, 1.165) is 24.7 Å². The molecule has 0 aromatic rings. The Balaban J connectivity index is 1.90. The number of rotatable bonds is 4. The predicted octanol–water partition coefficient (Wildman–Crippen LogP) is 0.788. The van der Waals surface area contributed by atoms with E-state index in [0.29, 0.717) is 25.9 Å². The van der Waals surface area contributed by atoms with E-state index in [1.165, 1.54) is 0 Å². The highest BCUT2D eigenvalue weighted by Gasteiger charge is 2.36.